The van der Waals surface area contributed by atoms with Gasteiger partial charge in [-0.05, 0) is 44.4 Å². The lowest BCUT2D eigenvalue weighted by Crippen LogP contribution is -2.34. The van der Waals surface area contributed by atoms with Gasteiger partial charge in [0.2, 0.25) is 0 Å². The summed E-state index contributed by atoms with van der Waals surface area (Å²) in [5.41, 5.74) is 3.07. The highest BCUT2D eigenvalue weighted by Gasteiger charge is 2.33. The Bertz CT molecular complexity index is 1120. The third kappa shape index (κ3) is 4.62. The highest BCUT2D eigenvalue weighted by Crippen LogP contribution is 2.39. The molecule has 1 atom stereocenters. The molecule has 6 heteroatoms. The van der Waals surface area contributed by atoms with Gasteiger partial charge in [-0.3, -0.25) is 9.36 Å². The van der Waals surface area contributed by atoms with Crippen LogP contribution in [0.2, 0.25) is 0 Å². The van der Waals surface area contributed by atoms with Crippen LogP contribution in [-0.4, -0.2) is 20.9 Å². The van der Waals surface area contributed by atoms with Crippen molar-refractivity contribution in [2.24, 2.45) is 0 Å². The maximum atomic E-state index is 13.9. The molecule has 166 valence electrons. The molecule has 4 nitrogen and oxygen atoms in total. The summed E-state index contributed by atoms with van der Waals surface area (Å²) in [5, 5.41) is 1.59. The minimum atomic E-state index is -0.213. The molecule has 1 aromatic carbocycles. The monoisotopic (exact) mass is 456 g/mol. The van der Waals surface area contributed by atoms with Crippen LogP contribution in [0.5, 0.6) is 0 Å². The van der Waals surface area contributed by atoms with E-state index in [2.05, 4.69) is 39.8 Å². The second kappa shape index (κ2) is 9.47. The van der Waals surface area contributed by atoms with Gasteiger partial charge in [0.15, 0.2) is 5.16 Å². The number of hydrogen-bond donors (Lipinski definition) is 0. The maximum absolute atomic E-state index is 13.9. The van der Waals surface area contributed by atoms with E-state index in [0.717, 1.165) is 56.5 Å². The lowest BCUT2D eigenvalue weighted by Gasteiger charge is -2.32. The molecule has 0 fully saturated rings. The summed E-state index contributed by atoms with van der Waals surface area (Å²) in [4.78, 5) is 20.9. The average Bonchev–Trinajstić information content (AvgIpc) is 3.12. The van der Waals surface area contributed by atoms with Crippen molar-refractivity contribution in [2.45, 2.75) is 83.6 Å². The maximum Gasteiger partial charge on any atom is 0.267 e. The molecule has 1 aliphatic heterocycles. The molecule has 0 radical (unpaired) electrons. The Hall–Kier alpha value is -1.63. The molecule has 0 bridgehead atoms. The molecule has 0 aliphatic carbocycles. The quantitative estimate of drug-likeness (QED) is 0.216. The number of aryl methyl sites for hydroxylation is 1. The van der Waals surface area contributed by atoms with Crippen LogP contribution >= 0.6 is 23.1 Å². The van der Waals surface area contributed by atoms with Crippen LogP contribution in [0.4, 0.5) is 0 Å². The summed E-state index contributed by atoms with van der Waals surface area (Å²) in [6, 6.07) is 8.19. The summed E-state index contributed by atoms with van der Waals surface area (Å²) in [7, 11) is 0. The van der Waals surface area contributed by atoms with Crippen LogP contribution in [0.1, 0.15) is 68.9 Å². The standard InChI is InChI=1S/C25H32N2O2S2/c1-5-7-8-9-14-30-24-26-22-21(19-15-25(4,6-2)29-16-20(19)31-22)23(28)27(24)18-12-10-17(3)11-13-18/h10-13H,5-9,14-16H2,1-4H3/t25-/m0/s1. The first-order chi connectivity index (χ1) is 15.0. The van der Waals surface area contributed by atoms with Crippen LogP contribution in [-0.2, 0) is 17.8 Å². The van der Waals surface area contributed by atoms with Crippen molar-refractivity contribution in [3.05, 3.63) is 50.6 Å². The molecule has 0 spiro atoms. The second-order valence-electron chi connectivity index (χ2n) is 8.73. The molecule has 0 unspecified atom stereocenters. The van der Waals surface area contributed by atoms with Crippen LogP contribution in [0.3, 0.4) is 0 Å². The van der Waals surface area contributed by atoms with Crippen molar-refractivity contribution in [3.63, 3.8) is 0 Å². The van der Waals surface area contributed by atoms with E-state index < -0.39 is 0 Å². The molecule has 3 heterocycles. The Morgan fingerprint density at radius 3 is 2.68 bits per heavy atom. The van der Waals surface area contributed by atoms with Crippen molar-refractivity contribution < 1.29 is 4.74 Å². The van der Waals surface area contributed by atoms with E-state index in [1.165, 1.54) is 24.8 Å². The number of thiophene rings is 1. The van der Waals surface area contributed by atoms with E-state index in [9.17, 15) is 4.79 Å². The van der Waals surface area contributed by atoms with Gasteiger partial charge in [0.1, 0.15) is 4.83 Å². The van der Waals surface area contributed by atoms with Crippen molar-refractivity contribution in [1.29, 1.82) is 0 Å². The molecule has 2 aromatic heterocycles. The summed E-state index contributed by atoms with van der Waals surface area (Å²) >= 11 is 3.33. The molecular formula is C25H32N2O2S2. The fraction of sp³-hybridized carbons (Fsp3) is 0.520. The van der Waals surface area contributed by atoms with E-state index in [-0.39, 0.29) is 11.2 Å². The molecule has 0 N–H and O–H groups in total. The largest absolute Gasteiger partial charge is 0.369 e. The molecule has 4 rings (SSSR count). The zero-order valence-electron chi connectivity index (χ0n) is 19.0. The minimum Gasteiger partial charge on any atom is -0.369 e. The van der Waals surface area contributed by atoms with Gasteiger partial charge in [-0.1, -0.05) is 62.6 Å². The summed E-state index contributed by atoms with van der Waals surface area (Å²) in [6.45, 7) is 9.16. The summed E-state index contributed by atoms with van der Waals surface area (Å²) in [6.07, 6.45) is 6.54. The molecule has 31 heavy (non-hydrogen) atoms. The van der Waals surface area contributed by atoms with Crippen molar-refractivity contribution in [3.8, 4) is 5.69 Å². The van der Waals surface area contributed by atoms with Gasteiger partial charge in [-0.25, -0.2) is 4.98 Å². The van der Waals surface area contributed by atoms with Crippen LogP contribution in [0, 0.1) is 6.92 Å². The van der Waals surface area contributed by atoms with Gasteiger partial charge in [0.25, 0.3) is 5.56 Å². The van der Waals surface area contributed by atoms with Gasteiger partial charge in [0.05, 0.1) is 23.3 Å². The zero-order valence-corrected chi connectivity index (χ0v) is 20.6. The van der Waals surface area contributed by atoms with E-state index in [1.54, 1.807) is 23.1 Å². The minimum absolute atomic E-state index is 0.0581. The van der Waals surface area contributed by atoms with Crippen LogP contribution in [0.15, 0.2) is 34.2 Å². The predicted molar refractivity (Wildman–Crippen MR) is 132 cm³/mol. The van der Waals surface area contributed by atoms with Crippen LogP contribution in [0.25, 0.3) is 15.9 Å². The lowest BCUT2D eigenvalue weighted by atomic mass is 9.90. The fourth-order valence-corrected chi connectivity index (χ4v) is 6.19. The average molecular weight is 457 g/mol. The van der Waals surface area contributed by atoms with Gasteiger partial charge in [-0.2, -0.15) is 0 Å². The molecule has 0 saturated heterocycles. The Kier molecular flexibility index (Phi) is 6.89. The first-order valence-electron chi connectivity index (χ1n) is 11.4. The van der Waals surface area contributed by atoms with Crippen molar-refractivity contribution >= 4 is 33.3 Å². The van der Waals surface area contributed by atoms with E-state index >= 15 is 0 Å². The van der Waals surface area contributed by atoms with Crippen LogP contribution < -0.4 is 5.56 Å². The Balaban J connectivity index is 1.81. The number of fused-ring (bicyclic) bond motifs is 3. The molecular weight excluding hydrogens is 424 g/mol. The van der Waals surface area contributed by atoms with Crippen molar-refractivity contribution in [1.82, 2.24) is 9.55 Å². The van der Waals surface area contributed by atoms with E-state index in [4.69, 9.17) is 9.72 Å². The first kappa shape index (κ1) is 22.6. The lowest BCUT2D eigenvalue weighted by molar-refractivity contribution is -0.0543. The van der Waals surface area contributed by atoms with E-state index in [1.807, 2.05) is 16.7 Å². The molecule has 3 aromatic rings. The first-order valence-corrected chi connectivity index (χ1v) is 13.2. The number of aromatic nitrogens is 2. The third-order valence-electron chi connectivity index (χ3n) is 6.25. The number of ether oxygens (including phenoxy) is 1. The number of benzene rings is 1. The smallest absolute Gasteiger partial charge is 0.267 e. The predicted octanol–water partition coefficient (Wildman–Crippen LogP) is 6.67. The molecule has 0 saturated carbocycles. The second-order valence-corrected chi connectivity index (χ2v) is 10.9. The molecule has 1 aliphatic rings. The third-order valence-corrected chi connectivity index (χ3v) is 8.37. The Labute approximate surface area is 193 Å². The number of nitrogens with zero attached hydrogens (tertiary/aromatic N) is 2. The van der Waals surface area contributed by atoms with Gasteiger partial charge < -0.3 is 4.74 Å². The number of unbranched alkanes of at least 4 members (excludes halogenated alkanes) is 3. The summed E-state index contributed by atoms with van der Waals surface area (Å²) < 4.78 is 7.97. The zero-order chi connectivity index (χ0) is 22.0. The molecule has 0 amide bonds. The summed E-state index contributed by atoms with van der Waals surface area (Å²) in [5.74, 6) is 0.978. The number of hydrogen-bond acceptors (Lipinski definition) is 5. The highest BCUT2D eigenvalue weighted by atomic mass is 32.2. The Morgan fingerprint density at radius 1 is 1.19 bits per heavy atom. The van der Waals surface area contributed by atoms with Gasteiger partial charge in [-0.15, -0.1) is 11.3 Å². The highest BCUT2D eigenvalue weighted by molar-refractivity contribution is 7.99. The van der Waals surface area contributed by atoms with Crippen molar-refractivity contribution in [2.75, 3.05) is 5.75 Å². The van der Waals surface area contributed by atoms with Gasteiger partial charge in [0, 0.05) is 17.1 Å². The SMILES string of the molecule is CCCCCCSc1nc2sc3c(c2c(=O)n1-c1ccc(C)cc1)C[C@](C)(CC)OC3. The van der Waals surface area contributed by atoms with E-state index in [0.29, 0.717) is 6.61 Å². The fourth-order valence-electron chi connectivity index (χ4n) is 4.04. The topological polar surface area (TPSA) is 44.1 Å². The normalized spacial score (nSPS) is 18.5. The van der Waals surface area contributed by atoms with Gasteiger partial charge >= 0.3 is 0 Å². The number of rotatable bonds is 8. The Morgan fingerprint density at radius 2 is 1.97 bits per heavy atom. The number of thioether (sulfide) groups is 1.